The highest BCUT2D eigenvalue weighted by Crippen LogP contribution is 2.40. The lowest BCUT2D eigenvalue weighted by molar-refractivity contribution is 1.04. The SMILES string of the molecule is Clc1ccc(C(Cl)(Cl)c2ccccc2)cc1. The van der Waals surface area contributed by atoms with Gasteiger partial charge in [0.05, 0.1) is 0 Å². The van der Waals surface area contributed by atoms with E-state index in [9.17, 15) is 0 Å². The van der Waals surface area contributed by atoms with E-state index in [4.69, 9.17) is 34.8 Å². The van der Waals surface area contributed by atoms with Gasteiger partial charge in [-0.25, -0.2) is 0 Å². The molecule has 2 rings (SSSR count). The minimum absolute atomic E-state index is 0.668. The van der Waals surface area contributed by atoms with Crippen molar-refractivity contribution in [1.29, 1.82) is 0 Å². The van der Waals surface area contributed by atoms with Gasteiger partial charge in [0.15, 0.2) is 4.33 Å². The predicted octanol–water partition coefficient (Wildman–Crippen LogP) is 5.02. The van der Waals surface area contributed by atoms with E-state index < -0.39 is 4.33 Å². The van der Waals surface area contributed by atoms with Crippen molar-refractivity contribution in [1.82, 2.24) is 0 Å². The third kappa shape index (κ3) is 2.35. The first-order chi connectivity index (χ1) is 7.60. The van der Waals surface area contributed by atoms with Gasteiger partial charge in [0.25, 0.3) is 0 Å². The van der Waals surface area contributed by atoms with E-state index in [2.05, 4.69) is 0 Å². The van der Waals surface area contributed by atoms with E-state index in [1.54, 1.807) is 12.1 Å². The van der Waals surface area contributed by atoms with Gasteiger partial charge in [-0.3, -0.25) is 0 Å². The molecule has 0 atom stereocenters. The summed E-state index contributed by atoms with van der Waals surface area (Å²) < 4.78 is -1.04. The molecule has 0 aliphatic heterocycles. The van der Waals surface area contributed by atoms with E-state index in [0.29, 0.717) is 5.02 Å². The molecule has 82 valence electrons. The zero-order valence-electron chi connectivity index (χ0n) is 8.33. The van der Waals surface area contributed by atoms with Gasteiger partial charge < -0.3 is 0 Å². The molecular weight excluding hydrogens is 263 g/mol. The second kappa shape index (κ2) is 4.67. The normalized spacial score (nSPS) is 11.4. The molecule has 0 fully saturated rings. The van der Waals surface area contributed by atoms with E-state index in [1.807, 2.05) is 42.5 Å². The van der Waals surface area contributed by atoms with Crippen molar-refractivity contribution in [3.8, 4) is 0 Å². The summed E-state index contributed by atoms with van der Waals surface area (Å²) >= 11 is 18.5. The minimum atomic E-state index is -1.04. The van der Waals surface area contributed by atoms with Gasteiger partial charge >= 0.3 is 0 Å². The molecule has 0 N–H and O–H groups in total. The molecule has 0 saturated carbocycles. The Morgan fingerprint density at radius 2 is 1.19 bits per heavy atom. The lowest BCUT2D eigenvalue weighted by Crippen LogP contribution is -2.11. The molecule has 2 aromatic rings. The summed E-state index contributed by atoms with van der Waals surface area (Å²) in [7, 11) is 0. The summed E-state index contributed by atoms with van der Waals surface area (Å²) in [5.74, 6) is 0. The largest absolute Gasteiger partial charge is 0.168 e. The number of alkyl halides is 2. The molecule has 0 radical (unpaired) electrons. The van der Waals surface area contributed by atoms with Crippen LogP contribution in [-0.2, 0) is 4.33 Å². The van der Waals surface area contributed by atoms with Crippen LogP contribution in [0.3, 0.4) is 0 Å². The summed E-state index contributed by atoms with van der Waals surface area (Å²) in [6.07, 6.45) is 0. The lowest BCUT2D eigenvalue weighted by atomic mass is 10.0. The van der Waals surface area contributed by atoms with E-state index in [1.165, 1.54) is 0 Å². The van der Waals surface area contributed by atoms with Crippen LogP contribution < -0.4 is 0 Å². The van der Waals surface area contributed by atoms with Gasteiger partial charge in [-0.1, -0.05) is 77.3 Å². The Bertz CT molecular complexity index is 460. The van der Waals surface area contributed by atoms with E-state index in [-0.39, 0.29) is 0 Å². The lowest BCUT2D eigenvalue weighted by Gasteiger charge is -2.20. The molecule has 0 aliphatic rings. The summed E-state index contributed by atoms with van der Waals surface area (Å²) in [5.41, 5.74) is 1.66. The van der Waals surface area contributed by atoms with Crippen molar-refractivity contribution in [2.75, 3.05) is 0 Å². The number of rotatable bonds is 2. The minimum Gasteiger partial charge on any atom is -0.0909 e. The van der Waals surface area contributed by atoms with Crippen molar-refractivity contribution in [3.63, 3.8) is 0 Å². The first-order valence-electron chi connectivity index (χ1n) is 4.80. The standard InChI is InChI=1S/C13H9Cl3/c14-12-8-6-11(7-9-12)13(15,16)10-4-2-1-3-5-10/h1-9H. The average Bonchev–Trinajstić information content (AvgIpc) is 2.31. The number of hydrogen-bond acceptors (Lipinski definition) is 0. The molecule has 3 heteroatoms. The zero-order chi connectivity index (χ0) is 11.6. The van der Waals surface area contributed by atoms with Crippen LogP contribution in [-0.4, -0.2) is 0 Å². The molecule has 16 heavy (non-hydrogen) atoms. The Balaban J connectivity index is 2.43. The van der Waals surface area contributed by atoms with Crippen molar-refractivity contribution < 1.29 is 0 Å². The van der Waals surface area contributed by atoms with Crippen molar-refractivity contribution in [2.24, 2.45) is 0 Å². The Labute approximate surface area is 110 Å². The van der Waals surface area contributed by atoms with E-state index in [0.717, 1.165) is 11.1 Å². The monoisotopic (exact) mass is 270 g/mol. The highest BCUT2D eigenvalue weighted by atomic mass is 35.5. The van der Waals surface area contributed by atoms with Crippen LogP contribution in [0.15, 0.2) is 54.6 Å². The first-order valence-corrected chi connectivity index (χ1v) is 5.93. The maximum absolute atomic E-state index is 6.36. The van der Waals surface area contributed by atoms with Crippen molar-refractivity contribution >= 4 is 34.8 Å². The van der Waals surface area contributed by atoms with Crippen LogP contribution in [0.1, 0.15) is 11.1 Å². The molecule has 0 nitrogen and oxygen atoms in total. The maximum atomic E-state index is 6.36. The Morgan fingerprint density at radius 1 is 0.688 bits per heavy atom. The smallest absolute Gasteiger partial charge is 0.0909 e. The van der Waals surface area contributed by atoms with E-state index >= 15 is 0 Å². The Kier molecular flexibility index (Phi) is 3.44. The highest BCUT2D eigenvalue weighted by molar-refractivity contribution is 6.50. The average molecular weight is 272 g/mol. The van der Waals surface area contributed by atoms with Crippen molar-refractivity contribution in [2.45, 2.75) is 4.33 Å². The number of halogens is 3. The number of hydrogen-bond donors (Lipinski definition) is 0. The summed E-state index contributed by atoms with van der Waals surface area (Å²) in [5, 5.41) is 0.668. The topological polar surface area (TPSA) is 0 Å². The molecule has 0 unspecified atom stereocenters. The molecular formula is C13H9Cl3. The highest BCUT2D eigenvalue weighted by Gasteiger charge is 2.28. The fourth-order valence-electron chi connectivity index (χ4n) is 1.47. The third-order valence-electron chi connectivity index (χ3n) is 2.34. The molecule has 0 saturated heterocycles. The van der Waals surface area contributed by atoms with Gasteiger partial charge in [0, 0.05) is 5.02 Å². The summed E-state index contributed by atoms with van der Waals surface area (Å²) in [6.45, 7) is 0. The molecule has 0 heterocycles. The quantitative estimate of drug-likeness (QED) is 0.673. The van der Waals surface area contributed by atoms with Gasteiger partial charge in [0.2, 0.25) is 0 Å². The maximum Gasteiger partial charge on any atom is 0.168 e. The molecule has 0 amide bonds. The number of benzene rings is 2. The summed E-state index contributed by atoms with van der Waals surface area (Å²) in [4.78, 5) is 0. The van der Waals surface area contributed by atoms with Gasteiger partial charge in [0.1, 0.15) is 0 Å². The molecule has 0 aromatic heterocycles. The zero-order valence-corrected chi connectivity index (χ0v) is 10.6. The molecule has 2 aromatic carbocycles. The summed E-state index contributed by atoms with van der Waals surface area (Å²) in [6, 6.07) is 16.7. The van der Waals surface area contributed by atoms with Crippen molar-refractivity contribution in [3.05, 3.63) is 70.7 Å². The fraction of sp³-hybridized carbons (Fsp3) is 0.0769. The Morgan fingerprint density at radius 3 is 1.75 bits per heavy atom. The van der Waals surface area contributed by atoms with Gasteiger partial charge in [-0.2, -0.15) is 0 Å². The molecule has 0 bridgehead atoms. The Hall–Kier alpha value is -0.690. The van der Waals surface area contributed by atoms with Gasteiger partial charge in [-0.15, -0.1) is 0 Å². The van der Waals surface area contributed by atoms with Crippen LogP contribution in [0, 0.1) is 0 Å². The predicted molar refractivity (Wildman–Crippen MR) is 70.4 cm³/mol. The van der Waals surface area contributed by atoms with Crippen LogP contribution in [0.4, 0.5) is 0 Å². The van der Waals surface area contributed by atoms with Crippen LogP contribution in [0.5, 0.6) is 0 Å². The first kappa shape index (κ1) is 11.8. The van der Waals surface area contributed by atoms with Crippen LogP contribution in [0.2, 0.25) is 5.02 Å². The molecule has 0 spiro atoms. The third-order valence-corrected chi connectivity index (χ3v) is 3.47. The van der Waals surface area contributed by atoms with Crippen LogP contribution >= 0.6 is 34.8 Å². The fourth-order valence-corrected chi connectivity index (χ4v) is 2.10. The van der Waals surface area contributed by atoms with Gasteiger partial charge in [-0.05, 0) is 23.3 Å². The van der Waals surface area contributed by atoms with Crippen LogP contribution in [0.25, 0.3) is 0 Å². The molecule has 0 aliphatic carbocycles. The second-order valence-electron chi connectivity index (χ2n) is 3.45. The second-order valence-corrected chi connectivity index (χ2v) is 5.21.